The summed E-state index contributed by atoms with van der Waals surface area (Å²) >= 11 is 0. The van der Waals surface area contributed by atoms with Gasteiger partial charge in [0.15, 0.2) is 5.82 Å². The van der Waals surface area contributed by atoms with Crippen LogP contribution in [0.5, 0.6) is 0 Å². The summed E-state index contributed by atoms with van der Waals surface area (Å²) in [6.45, 7) is 10.7. The zero-order chi connectivity index (χ0) is 44.1. The molecule has 0 bridgehead atoms. The predicted molar refractivity (Wildman–Crippen MR) is 231 cm³/mol. The van der Waals surface area contributed by atoms with Crippen molar-refractivity contribution in [3.05, 3.63) is 133 Å². The number of ether oxygens (including phenoxy) is 1. The zero-order valence-electron chi connectivity index (χ0n) is 35.6. The minimum Gasteiger partial charge on any atom is -0.381 e. The third kappa shape index (κ3) is 6.43. The van der Waals surface area contributed by atoms with E-state index in [2.05, 4.69) is 40.2 Å². The maximum atomic E-state index is 15.4. The van der Waals surface area contributed by atoms with Crippen molar-refractivity contribution in [2.75, 3.05) is 25.5 Å². The van der Waals surface area contributed by atoms with Crippen LogP contribution in [0.2, 0.25) is 0 Å². The molecule has 3 aliphatic rings. The third-order valence-electron chi connectivity index (χ3n) is 13.4. The molecule has 0 radical (unpaired) electrons. The van der Waals surface area contributed by atoms with Crippen molar-refractivity contribution in [3.8, 4) is 17.2 Å². The van der Waals surface area contributed by atoms with E-state index in [1.807, 2.05) is 17.6 Å². The van der Waals surface area contributed by atoms with E-state index in [0.29, 0.717) is 89.6 Å². The van der Waals surface area contributed by atoms with Gasteiger partial charge in [0, 0.05) is 60.8 Å². The van der Waals surface area contributed by atoms with E-state index < -0.39 is 32.8 Å². The monoisotopic (exact) mass is 874 g/mol. The average molecular weight is 875 g/mol. The van der Waals surface area contributed by atoms with Gasteiger partial charge < -0.3 is 14.2 Å². The Kier molecular flexibility index (Phi) is 9.59. The lowest BCUT2D eigenvalue weighted by Crippen LogP contribution is -2.41. The van der Waals surface area contributed by atoms with E-state index in [4.69, 9.17) is 19.1 Å². The second-order valence-corrected chi connectivity index (χ2v) is 19.4. The number of aromatic nitrogens is 8. The summed E-state index contributed by atoms with van der Waals surface area (Å²) in [6, 6.07) is 14.1. The van der Waals surface area contributed by atoms with E-state index >= 15 is 9.18 Å². The molecule has 7 heterocycles. The molecule has 4 atom stereocenters. The number of benzene rings is 2. The van der Waals surface area contributed by atoms with Gasteiger partial charge in [-0.1, -0.05) is 25.1 Å². The fourth-order valence-electron chi connectivity index (χ4n) is 9.81. The highest BCUT2D eigenvalue weighted by Gasteiger charge is 2.59. The molecule has 2 N–H and O–H groups in total. The van der Waals surface area contributed by atoms with Crippen LogP contribution in [-0.4, -0.2) is 79.1 Å². The summed E-state index contributed by atoms with van der Waals surface area (Å²) in [5.74, 6) is -0.0670. The van der Waals surface area contributed by atoms with Gasteiger partial charge >= 0.3 is 11.4 Å². The molecule has 0 spiro atoms. The summed E-state index contributed by atoms with van der Waals surface area (Å²) in [4.78, 5) is 51.2. The van der Waals surface area contributed by atoms with E-state index in [9.17, 15) is 13.8 Å². The largest absolute Gasteiger partial charge is 0.438 e. The van der Waals surface area contributed by atoms with Crippen LogP contribution in [0.25, 0.3) is 28.1 Å². The number of carbonyl (C=O) groups excluding carboxylic acids is 1. The summed E-state index contributed by atoms with van der Waals surface area (Å²) in [7, 11) is -3.07. The number of aryl methyl sites for hydroxylation is 2. The highest BCUT2D eigenvalue weighted by Crippen LogP contribution is 2.56. The highest BCUT2D eigenvalue weighted by molar-refractivity contribution is 7.92. The van der Waals surface area contributed by atoms with Gasteiger partial charge in [0.2, 0.25) is 0 Å². The smallest absolute Gasteiger partial charge is 0.381 e. The Labute approximate surface area is 361 Å². The van der Waals surface area contributed by atoms with E-state index in [0.717, 1.165) is 23.7 Å². The molecule has 63 heavy (non-hydrogen) atoms. The molecule has 2 fully saturated rings. The van der Waals surface area contributed by atoms with Gasteiger partial charge in [-0.25, -0.2) is 32.6 Å². The van der Waals surface area contributed by atoms with Crippen molar-refractivity contribution in [2.24, 2.45) is 5.92 Å². The lowest BCUT2D eigenvalue weighted by molar-refractivity contribution is 0.0663. The van der Waals surface area contributed by atoms with Crippen molar-refractivity contribution >= 4 is 26.5 Å². The van der Waals surface area contributed by atoms with Crippen LogP contribution >= 0.6 is 0 Å². The minimum absolute atomic E-state index is 0.0124. The number of amides is 1. The molecule has 1 saturated carbocycles. The maximum Gasteiger partial charge on any atom is 0.438 e. The summed E-state index contributed by atoms with van der Waals surface area (Å²) in [6.07, 6.45) is 7.42. The zero-order valence-corrected chi connectivity index (χ0v) is 36.4. The highest BCUT2D eigenvalue weighted by atomic mass is 32.2. The van der Waals surface area contributed by atoms with Gasteiger partial charge in [-0.15, -0.1) is 0 Å². The second kappa shape index (κ2) is 14.9. The lowest BCUT2D eigenvalue weighted by atomic mass is 9.91. The number of pyridine rings is 1. The average Bonchev–Trinajstić information content (AvgIpc) is 3.78. The fourth-order valence-corrected chi connectivity index (χ4v) is 10.6. The van der Waals surface area contributed by atoms with E-state index in [1.165, 1.54) is 27.0 Å². The first-order valence-corrected chi connectivity index (χ1v) is 23.0. The van der Waals surface area contributed by atoms with Crippen LogP contribution in [0.1, 0.15) is 96.3 Å². The van der Waals surface area contributed by atoms with Gasteiger partial charge in [0.25, 0.3) is 5.91 Å². The van der Waals surface area contributed by atoms with Crippen LogP contribution in [0.3, 0.4) is 0 Å². The number of aromatic amines is 1. The number of carbonyl (C=O) groups is 1. The van der Waals surface area contributed by atoms with E-state index in [1.54, 1.807) is 60.9 Å². The molecular formula is C45H47FN10O6S. The number of nitrogens with zero attached hydrogens (tertiary/aromatic N) is 8. The Morgan fingerprint density at radius 3 is 2.40 bits per heavy atom. The third-order valence-corrected chi connectivity index (χ3v) is 15.1. The minimum atomic E-state index is -3.07. The number of rotatable bonds is 9. The van der Waals surface area contributed by atoms with Crippen LogP contribution in [0.15, 0.2) is 86.3 Å². The Morgan fingerprint density at radius 2 is 1.75 bits per heavy atom. The molecular weight excluding hydrogens is 828 g/mol. The summed E-state index contributed by atoms with van der Waals surface area (Å²) in [5.41, 5.74) is 4.23. The van der Waals surface area contributed by atoms with Crippen LogP contribution in [-0.2, 0) is 26.4 Å². The van der Waals surface area contributed by atoms with Gasteiger partial charge in [0.1, 0.15) is 27.9 Å². The van der Waals surface area contributed by atoms with Crippen molar-refractivity contribution in [2.45, 2.75) is 82.8 Å². The quantitative estimate of drug-likeness (QED) is 0.164. The van der Waals surface area contributed by atoms with Gasteiger partial charge in [0.05, 0.1) is 39.0 Å². The van der Waals surface area contributed by atoms with Gasteiger partial charge in [-0.2, -0.15) is 5.10 Å². The van der Waals surface area contributed by atoms with Crippen molar-refractivity contribution in [3.63, 3.8) is 0 Å². The lowest BCUT2D eigenvalue weighted by Gasteiger charge is -2.34. The molecule has 2 aromatic carbocycles. The number of hydrogen-bond donors (Lipinski definition) is 2. The number of halogens is 1. The molecule has 18 heteroatoms. The molecule has 7 aromatic rings. The van der Waals surface area contributed by atoms with Crippen LogP contribution in [0, 0.1) is 30.4 Å². The van der Waals surface area contributed by atoms with Crippen molar-refractivity contribution in [1.82, 2.24) is 43.5 Å². The number of fused-ring (bicyclic) bond motifs is 2. The van der Waals surface area contributed by atoms with Crippen molar-refractivity contribution < 1.29 is 22.7 Å². The number of imidazole rings is 1. The molecule has 5 aromatic heterocycles. The first kappa shape index (κ1) is 40.7. The molecule has 1 amide bonds. The first-order valence-electron chi connectivity index (χ1n) is 21.2. The van der Waals surface area contributed by atoms with Gasteiger partial charge in [-0.3, -0.25) is 23.4 Å². The molecule has 2 aliphatic heterocycles. The summed E-state index contributed by atoms with van der Waals surface area (Å²) < 4.78 is 53.2. The number of H-pyrrole nitrogens is 1. The molecule has 326 valence electrons. The molecule has 1 aliphatic carbocycles. The number of hydrogen-bond acceptors (Lipinski definition) is 10. The molecule has 0 unspecified atom stereocenters. The Balaban J connectivity index is 1.11. The first-order chi connectivity index (χ1) is 30.2. The molecule has 16 nitrogen and oxygen atoms in total. The van der Waals surface area contributed by atoms with Crippen molar-refractivity contribution in [1.29, 1.82) is 4.78 Å². The van der Waals surface area contributed by atoms with Crippen LogP contribution < -0.4 is 11.4 Å². The normalized spacial score (nSPS) is 21.1. The number of nitrogens with one attached hydrogen (secondary N) is 2. The molecule has 1 saturated heterocycles. The maximum absolute atomic E-state index is 15.4. The Morgan fingerprint density at radius 1 is 1.02 bits per heavy atom. The summed E-state index contributed by atoms with van der Waals surface area (Å²) in [5, 5.41) is 10.2. The standard InChI is InChI=1S/C45H47FN10O6S/c1-6-63(47,60)37-10-8-32(24-48-37)53-15-16-54(44(53)59)40-38-28(5)52(14-11-34(38)50-56(40)33-19-25(2)39(46)26(3)20-33)41(57)36-22-31-21-30(29-12-17-61-18-13-29)7-9-35(31)55(36)45(23-27(45)4)42-49-43(58)62-51-42/h7-10,15-16,19-22,24,27-29,47H,6,11-14,17-18,23H2,1-5H3,(H,49,51,58)/t27-,28-,45-,63+/m0/s1. The SMILES string of the molecule is CC[S@@](=N)(=O)c1ccc(-n2ccn(-c3c4c(nn3-c3cc(C)c(F)c(C)c3)CCN(C(=O)c3cc5cc(C6CCOCC6)ccc5n3[C@@]3(c5noc(=O)[nH]5)C[C@@H]3C)[C@H]4C)c2=O)cn1. The molecule has 10 rings (SSSR count). The van der Waals surface area contributed by atoms with Gasteiger partial charge in [-0.05, 0) is 111 Å². The van der Waals surface area contributed by atoms with Crippen LogP contribution in [0.4, 0.5) is 4.39 Å². The second-order valence-electron chi connectivity index (χ2n) is 17.1. The Bertz CT molecular complexity index is 3180. The van der Waals surface area contributed by atoms with E-state index in [-0.39, 0.29) is 28.4 Å². The fraction of sp³-hybridized carbons (Fsp3) is 0.378. The Hall–Kier alpha value is -6.40. The predicted octanol–water partition coefficient (Wildman–Crippen LogP) is 6.46. The topological polar surface area (TPSA) is 192 Å².